The van der Waals surface area contributed by atoms with Gasteiger partial charge < -0.3 is 23.8 Å². The Morgan fingerprint density at radius 1 is 0.971 bits per heavy atom. The standard InChI is InChI=1S/C22H24F2N2O7S/c1-30-19-13-15(3-5-18(19)33-22(23)24)21(27)25-7-9-26(10-8-25)34(28,29)16-4-6-17-20(14-16)32-12-2-11-31-17/h3-6,13-14,22H,2,7-12H2,1H3. The summed E-state index contributed by atoms with van der Waals surface area (Å²) >= 11 is 0. The smallest absolute Gasteiger partial charge is 0.387 e. The zero-order valence-electron chi connectivity index (χ0n) is 18.4. The number of benzene rings is 2. The Kier molecular flexibility index (Phi) is 7.08. The average Bonchev–Trinajstić information content (AvgIpc) is 3.08. The molecule has 2 heterocycles. The number of halogens is 2. The van der Waals surface area contributed by atoms with Crippen LogP contribution in [-0.2, 0) is 10.0 Å². The van der Waals surface area contributed by atoms with Gasteiger partial charge in [0.15, 0.2) is 23.0 Å². The number of amides is 1. The molecule has 0 bridgehead atoms. The number of hydrogen-bond donors (Lipinski definition) is 0. The number of carbonyl (C=O) groups is 1. The molecule has 0 saturated carbocycles. The molecule has 0 aromatic heterocycles. The van der Waals surface area contributed by atoms with Crippen molar-refractivity contribution in [3.63, 3.8) is 0 Å². The second-order valence-corrected chi connectivity index (χ2v) is 9.54. The minimum atomic E-state index is -3.80. The summed E-state index contributed by atoms with van der Waals surface area (Å²) in [6.07, 6.45) is 0.709. The van der Waals surface area contributed by atoms with Gasteiger partial charge in [0, 0.05) is 44.2 Å². The second-order valence-electron chi connectivity index (χ2n) is 7.60. The number of ether oxygens (including phenoxy) is 4. The minimum absolute atomic E-state index is 0.00164. The Morgan fingerprint density at radius 2 is 1.68 bits per heavy atom. The number of piperazine rings is 1. The van der Waals surface area contributed by atoms with Gasteiger partial charge in [-0.1, -0.05) is 0 Å². The summed E-state index contributed by atoms with van der Waals surface area (Å²) in [4.78, 5) is 14.5. The third-order valence-electron chi connectivity index (χ3n) is 5.51. The number of methoxy groups -OCH3 is 1. The lowest BCUT2D eigenvalue weighted by Crippen LogP contribution is -2.50. The van der Waals surface area contributed by atoms with Crippen molar-refractivity contribution < 1.29 is 40.9 Å². The van der Waals surface area contributed by atoms with E-state index in [0.29, 0.717) is 31.1 Å². The monoisotopic (exact) mass is 498 g/mol. The predicted molar refractivity (Wildman–Crippen MR) is 116 cm³/mol. The largest absolute Gasteiger partial charge is 0.493 e. The van der Waals surface area contributed by atoms with E-state index >= 15 is 0 Å². The van der Waals surface area contributed by atoms with Crippen LogP contribution in [0.2, 0.25) is 0 Å². The molecule has 2 aliphatic rings. The van der Waals surface area contributed by atoms with Gasteiger partial charge in [-0.2, -0.15) is 13.1 Å². The maximum Gasteiger partial charge on any atom is 0.387 e. The Balaban J connectivity index is 1.44. The van der Waals surface area contributed by atoms with E-state index < -0.39 is 16.6 Å². The fourth-order valence-corrected chi connectivity index (χ4v) is 5.20. The zero-order chi connectivity index (χ0) is 24.3. The summed E-state index contributed by atoms with van der Waals surface area (Å²) in [5.41, 5.74) is 0.220. The van der Waals surface area contributed by atoms with Crippen LogP contribution in [0, 0.1) is 0 Å². The van der Waals surface area contributed by atoms with Crippen LogP contribution < -0.4 is 18.9 Å². The first-order chi connectivity index (χ1) is 16.3. The van der Waals surface area contributed by atoms with Crippen LogP contribution in [0.15, 0.2) is 41.3 Å². The van der Waals surface area contributed by atoms with Crippen LogP contribution in [0.3, 0.4) is 0 Å². The molecule has 0 N–H and O–H groups in total. The van der Waals surface area contributed by atoms with Gasteiger partial charge in [-0.05, 0) is 30.3 Å². The van der Waals surface area contributed by atoms with Crippen LogP contribution in [0.4, 0.5) is 8.78 Å². The number of alkyl halides is 2. The predicted octanol–water partition coefficient (Wildman–Crippen LogP) is 2.60. The Hall–Kier alpha value is -3.12. The van der Waals surface area contributed by atoms with Gasteiger partial charge in [0.2, 0.25) is 10.0 Å². The van der Waals surface area contributed by atoms with E-state index in [4.69, 9.17) is 14.2 Å². The quantitative estimate of drug-likeness (QED) is 0.604. The van der Waals surface area contributed by atoms with E-state index in [0.717, 1.165) is 0 Å². The van der Waals surface area contributed by atoms with Crippen LogP contribution in [0.5, 0.6) is 23.0 Å². The lowest BCUT2D eigenvalue weighted by Gasteiger charge is -2.34. The zero-order valence-corrected chi connectivity index (χ0v) is 19.2. The summed E-state index contributed by atoms with van der Waals surface area (Å²) in [5.74, 6) is 0.351. The highest BCUT2D eigenvalue weighted by Crippen LogP contribution is 2.33. The summed E-state index contributed by atoms with van der Waals surface area (Å²) in [6.45, 7) is -1.54. The fraction of sp³-hybridized carbons (Fsp3) is 0.409. The van der Waals surface area contributed by atoms with Crippen LogP contribution in [0.1, 0.15) is 16.8 Å². The lowest BCUT2D eigenvalue weighted by molar-refractivity contribution is -0.0512. The highest BCUT2D eigenvalue weighted by molar-refractivity contribution is 7.89. The molecular formula is C22H24F2N2O7S. The van der Waals surface area contributed by atoms with Crippen LogP contribution in [0.25, 0.3) is 0 Å². The molecule has 12 heteroatoms. The molecule has 1 fully saturated rings. The molecule has 9 nitrogen and oxygen atoms in total. The van der Waals surface area contributed by atoms with Gasteiger partial charge in [-0.25, -0.2) is 8.42 Å². The first-order valence-corrected chi connectivity index (χ1v) is 12.1. The number of carbonyl (C=O) groups excluding carboxylic acids is 1. The number of nitrogens with zero attached hydrogens (tertiary/aromatic N) is 2. The third-order valence-corrected chi connectivity index (χ3v) is 7.40. The molecule has 0 atom stereocenters. The molecule has 1 amide bonds. The highest BCUT2D eigenvalue weighted by Gasteiger charge is 2.31. The highest BCUT2D eigenvalue weighted by atomic mass is 32.2. The fourth-order valence-electron chi connectivity index (χ4n) is 3.76. The van der Waals surface area contributed by atoms with Gasteiger partial charge in [0.05, 0.1) is 25.2 Å². The molecule has 0 unspecified atom stereocenters. The van der Waals surface area contributed by atoms with E-state index in [2.05, 4.69) is 4.74 Å². The summed E-state index contributed by atoms with van der Waals surface area (Å²) < 4.78 is 73.2. The Bertz CT molecular complexity index is 1150. The van der Waals surface area contributed by atoms with Crippen molar-refractivity contribution in [3.8, 4) is 23.0 Å². The van der Waals surface area contributed by atoms with Crippen molar-refractivity contribution in [2.75, 3.05) is 46.5 Å². The Labute approximate surface area is 195 Å². The maximum absolute atomic E-state index is 13.1. The number of fused-ring (bicyclic) bond motifs is 1. The van der Waals surface area contributed by atoms with Crippen molar-refractivity contribution in [3.05, 3.63) is 42.0 Å². The lowest BCUT2D eigenvalue weighted by atomic mass is 10.1. The molecule has 184 valence electrons. The first kappa shape index (κ1) is 24.0. The molecule has 34 heavy (non-hydrogen) atoms. The maximum atomic E-state index is 13.1. The summed E-state index contributed by atoms with van der Waals surface area (Å²) in [5, 5.41) is 0. The van der Waals surface area contributed by atoms with Crippen molar-refractivity contribution in [2.45, 2.75) is 17.9 Å². The molecule has 0 spiro atoms. The number of rotatable bonds is 6. The average molecular weight is 499 g/mol. The molecular weight excluding hydrogens is 474 g/mol. The van der Waals surface area contributed by atoms with E-state index in [-0.39, 0.29) is 54.0 Å². The van der Waals surface area contributed by atoms with Gasteiger partial charge in [-0.15, -0.1) is 0 Å². The summed E-state index contributed by atoms with van der Waals surface area (Å²) in [7, 11) is -2.51. The topological polar surface area (TPSA) is 94.6 Å². The second kappa shape index (κ2) is 10.0. The Morgan fingerprint density at radius 3 is 2.35 bits per heavy atom. The normalized spacial score (nSPS) is 16.8. The summed E-state index contributed by atoms with van der Waals surface area (Å²) in [6, 6.07) is 8.45. The molecule has 2 aliphatic heterocycles. The first-order valence-electron chi connectivity index (χ1n) is 10.6. The van der Waals surface area contributed by atoms with Crippen molar-refractivity contribution in [2.24, 2.45) is 0 Å². The third kappa shape index (κ3) is 5.02. The SMILES string of the molecule is COc1cc(C(=O)N2CCN(S(=O)(=O)c3ccc4c(c3)OCCCO4)CC2)ccc1OC(F)F. The molecule has 1 saturated heterocycles. The minimum Gasteiger partial charge on any atom is -0.493 e. The van der Waals surface area contributed by atoms with Crippen LogP contribution >= 0.6 is 0 Å². The van der Waals surface area contributed by atoms with Crippen molar-refractivity contribution in [1.29, 1.82) is 0 Å². The van der Waals surface area contributed by atoms with Gasteiger partial charge in [-0.3, -0.25) is 4.79 Å². The van der Waals surface area contributed by atoms with E-state index in [1.54, 1.807) is 6.07 Å². The van der Waals surface area contributed by atoms with Crippen LogP contribution in [-0.4, -0.2) is 76.6 Å². The molecule has 4 rings (SSSR count). The van der Waals surface area contributed by atoms with Gasteiger partial charge in [0.25, 0.3) is 5.91 Å². The van der Waals surface area contributed by atoms with E-state index in [9.17, 15) is 22.0 Å². The molecule has 2 aromatic carbocycles. The molecule has 2 aromatic rings. The number of sulfonamides is 1. The van der Waals surface area contributed by atoms with E-state index in [1.807, 2.05) is 0 Å². The van der Waals surface area contributed by atoms with E-state index in [1.165, 1.54) is 46.6 Å². The molecule has 0 radical (unpaired) electrons. The van der Waals surface area contributed by atoms with Gasteiger partial charge >= 0.3 is 6.61 Å². The van der Waals surface area contributed by atoms with Gasteiger partial charge in [0.1, 0.15) is 0 Å². The molecule has 0 aliphatic carbocycles. The van der Waals surface area contributed by atoms with Crippen molar-refractivity contribution >= 4 is 15.9 Å². The number of hydrogen-bond acceptors (Lipinski definition) is 7. The van der Waals surface area contributed by atoms with Crippen molar-refractivity contribution in [1.82, 2.24) is 9.21 Å².